The maximum atomic E-state index is 6.21. The Morgan fingerprint density at radius 3 is 2.74 bits per heavy atom. The zero-order chi connectivity index (χ0) is 14.3. The number of nitrogens with one attached hydrogen (secondary N) is 1. The Labute approximate surface area is 121 Å². The van der Waals surface area contributed by atoms with Gasteiger partial charge in [-0.1, -0.05) is 37.1 Å². The van der Waals surface area contributed by atoms with Crippen molar-refractivity contribution in [2.75, 3.05) is 13.2 Å². The molecule has 1 N–H and O–H groups in total. The molecule has 0 unspecified atom stereocenters. The monoisotopic (exact) mass is 281 g/mol. The highest BCUT2D eigenvalue weighted by molar-refractivity contribution is 6.32. The summed E-state index contributed by atoms with van der Waals surface area (Å²) in [6.45, 7) is 12.7. The van der Waals surface area contributed by atoms with E-state index in [1.165, 1.54) is 5.56 Å². The van der Waals surface area contributed by atoms with E-state index < -0.39 is 0 Å². The number of ether oxygens (including phenoxy) is 1. The smallest absolute Gasteiger partial charge is 0.137 e. The molecule has 2 nitrogen and oxygen atoms in total. The van der Waals surface area contributed by atoms with Crippen LogP contribution in [0.15, 0.2) is 30.4 Å². The van der Waals surface area contributed by atoms with E-state index in [0.29, 0.717) is 17.5 Å². The summed E-state index contributed by atoms with van der Waals surface area (Å²) in [7, 11) is 0. The molecule has 1 aromatic carbocycles. The van der Waals surface area contributed by atoms with Crippen LogP contribution in [0.25, 0.3) is 0 Å². The van der Waals surface area contributed by atoms with Crippen LogP contribution >= 0.6 is 11.6 Å². The van der Waals surface area contributed by atoms with Crippen LogP contribution in [0.1, 0.15) is 32.8 Å². The van der Waals surface area contributed by atoms with Gasteiger partial charge in [0.1, 0.15) is 5.75 Å². The van der Waals surface area contributed by atoms with Crippen LogP contribution in [0.4, 0.5) is 0 Å². The van der Waals surface area contributed by atoms with Gasteiger partial charge in [-0.05, 0) is 37.1 Å². The molecule has 0 saturated carbocycles. The van der Waals surface area contributed by atoms with Crippen LogP contribution in [0.3, 0.4) is 0 Å². The summed E-state index contributed by atoms with van der Waals surface area (Å²) in [5, 5.41) is 4.07. The van der Waals surface area contributed by atoms with Gasteiger partial charge >= 0.3 is 0 Å². The van der Waals surface area contributed by atoms with Crippen LogP contribution in [0.2, 0.25) is 5.02 Å². The number of rotatable bonds is 8. The molecule has 106 valence electrons. The van der Waals surface area contributed by atoms with Crippen molar-refractivity contribution in [1.29, 1.82) is 0 Å². The van der Waals surface area contributed by atoms with Crippen molar-refractivity contribution in [3.05, 3.63) is 40.9 Å². The third kappa shape index (κ3) is 6.65. The van der Waals surface area contributed by atoms with Crippen molar-refractivity contribution in [3.8, 4) is 5.75 Å². The zero-order valence-electron chi connectivity index (χ0n) is 12.1. The molecule has 1 aromatic rings. The molecular formula is C16H24ClNO. The van der Waals surface area contributed by atoms with Crippen molar-refractivity contribution in [2.24, 2.45) is 5.92 Å². The summed E-state index contributed by atoms with van der Waals surface area (Å²) in [6.07, 6.45) is 0.855. The molecule has 0 aromatic heterocycles. The summed E-state index contributed by atoms with van der Waals surface area (Å²) in [6, 6.07) is 5.95. The van der Waals surface area contributed by atoms with Gasteiger partial charge in [0.15, 0.2) is 0 Å². The molecular weight excluding hydrogens is 258 g/mol. The summed E-state index contributed by atoms with van der Waals surface area (Å²) in [4.78, 5) is 0. The Hall–Kier alpha value is -0.990. The lowest BCUT2D eigenvalue weighted by atomic mass is 10.2. The molecule has 3 heteroatoms. The second-order valence-corrected chi connectivity index (χ2v) is 5.75. The largest absolute Gasteiger partial charge is 0.492 e. The van der Waals surface area contributed by atoms with E-state index in [4.69, 9.17) is 16.3 Å². The average Bonchev–Trinajstić information content (AvgIpc) is 2.31. The molecule has 0 spiro atoms. The molecule has 0 aliphatic heterocycles. The highest BCUT2D eigenvalue weighted by Crippen LogP contribution is 2.25. The van der Waals surface area contributed by atoms with Gasteiger partial charge in [0, 0.05) is 13.0 Å². The molecule has 0 radical (unpaired) electrons. The number of benzene rings is 1. The first kappa shape index (κ1) is 16.1. The number of hydrogen-bond donors (Lipinski definition) is 1. The van der Waals surface area contributed by atoms with Crippen molar-refractivity contribution >= 4 is 11.6 Å². The second-order valence-electron chi connectivity index (χ2n) is 5.35. The predicted octanol–water partition coefficient (Wildman–Crippen LogP) is 4.43. The molecule has 0 saturated heterocycles. The normalized spacial score (nSPS) is 10.8. The molecule has 1 rings (SSSR count). The van der Waals surface area contributed by atoms with Gasteiger partial charge in [-0.25, -0.2) is 0 Å². The minimum Gasteiger partial charge on any atom is -0.492 e. The van der Waals surface area contributed by atoms with Gasteiger partial charge < -0.3 is 10.1 Å². The van der Waals surface area contributed by atoms with Crippen molar-refractivity contribution in [3.63, 3.8) is 0 Å². The standard InChI is InChI=1S/C16H24ClNO/c1-12(2)7-8-19-16-6-5-14(9-15(16)17)11-18-10-13(3)4/h5-6,9,13,18H,1,7-8,10-11H2,2-4H3. The Balaban J connectivity index is 2.47. The molecule has 19 heavy (non-hydrogen) atoms. The predicted molar refractivity (Wildman–Crippen MR) is 82.9 cm³/mol. The van der Waals surface area contributed by atoms with Gasteiger partial charge in [-0.15, -0.1) is 6.58 Å². The van der Waals surface area contributed by atoms with Crippen LogP contribution < -0.4 is 10.1 Å². The summed E-state index contributed by atoms with van der Waals surface area (Å²) in [5.41, 5.74) is 2.29. The van der Waals surface area contributed by atoms with Crippen LogP contribution in [0, 0.1) is 5.92 Å². The van der Waals surface area contributed by atoms with E-state index in [1.807, 2.05) is 19.1 Å². The molecule has 0 heterocycles. The van der Waals surface area contributed by atoms with Crippen molar-refractivity contribution < 1.29 is 4.74 Å². The fourth-order valence-electron chi connectivity index (χ4n) is 1.61. The molecule has 0 aliphatic rings. The van der Waals surface area contributed by atoms with Gasteiger partial charge in [-0.3, -0.25) is 0 Å². The average molecular weight is 282 g/mol. The van der Waals surface area contributed by atoms with Gasteiger partial charge in [0.05, 0.1) is 11.6 Å². The molecule has 0 atom stereocenters. The van der Waals surface area contributed by atoms with E-state index >= 15 is 0 Å². The van der Waals surface area contributed by atoms with E-state index in [-0.39, 0.29) is 0 Å². The maximum absolute atomic E-state index is 6.21. The number of halogens is 1. The van der Waals surface area contributed by atoms with Gasteiger partial charge in [0.2, 0.25) is 0 Å². The maximum Gasteiger partial charge on any atom is 0.137 e. The third-order valence-electron chi connectivity index (χ3n) is 2.66. The van der Waals surface area contributed by atoms with E-state index in [0.717, 1.165) is 30.8 Å². The fraction of sp³-hybridized carbons (Fsp3) is 0.500. The molecule has 0 amide bonds. The first-order valence-electron chi connectivity index (χ1n) is 6.75. The quantitative estimate of drug-likeness (QED) is 0.712. The fourth-order valence-corrected chi connectivity index (χ4v) is 1.87. The SMILES string of the molecule is C=C(C)CCOc1ccc(CNCC(C)C)cc1Cl. The minimum atomic E-state index is 0.625. The Morgan fingerprint density at radius 2 is 2.16 bits per heavy atom. The summed E-state index contributed by atoms with van der Waals surface area (Å²) >= 11 is 6.21. The van der Waals surface area contributed by atoms with Crippen LogP contribution in [0.5, 0.6) is 5.75 Å². The van der Waals surface area contributed by atoms with Gasteiger partial charge in [0.25, 0.3) is 0 Å². The highest BCUT2D eigenvalue weighted by Gasteiger charge is 2.03. The number of hydrogen-bond acceptors (Lipinski definition) is 2. The van der Waals surface area contributed by atoms with E-state index in [9.17, 15) is 0 Å². The first-order valence-corrected chi connectivity index (χ1v) is 7.13. The van der Waals surface area contributed by atoms with E-state index in [1.54, 1.807) is 0 Å². The van der Waals surface area contributed by atoms with Gasteiger partial charge in [-0.2, -0.15) is 0 Å². The highest BCUT2D eigenvalue weighted by atomic mass is 35.5. The zero-order valence-corrected chi connectivity index (χ0v) is 12.9. The first-order chi connectivity index (χ1) is 8.99. The summed E-state index contributed by atoms with van der Waals surface area (Å²) < 4.78 is 5.63. The minimum absolute atomic E-state index is 0.625. The lowest BCUT2D eigenvalue weighted by Gasteiger charge is -2.11. The lowest BCUT2D eigenvalue weighted by Crippen LogP contribution is -2.18. The molecule has 0 aliphatic carbocycles. The van der Waals surface area contributed by atoms with E-state index in [2.05, 4.69) is 31.8 Å². The van der Waals surface area contributed by atoms with Crippen molar-refractivity contribution in [1.82, 2.24) is 5.32 Å². The topological polar surface area (TPSA) is 21.3 Å². The Kier molecular flexibility index (Phi) is 6.96. The van der Waals surface area contributed by atoms with Crippen molar-refractivity contribution in [2.45, 2.75) is 33.7 Å². The molecule has 0 bridgehead atoms. The molecule has 0 fully saturated rings. The third-order valence-corrected chi connectivity index (χ3v) is 2.96. The Bertz CT molecular complexity index is 415. The second kappa shape index (κ2) is 8.23. The van der Waals surface area contributed by atoms with Crippen LogP contribution in [-0.4, -0.2) is 13.2 Å². The lowest BCUT2D eigenvalue weighted by molar-refractivity contribution is 0.322. The summed E-state index contributed by atoms with van der Waals surface area (Å²) in [5.74, 6) is 1.40. The van der Waals surface area contributed by atoms with Crippen LogP contribution in [-0.2, 0) is 6.54 Å². The Morgan fingerprint density at radius 1 is 1.42 bits per heavy atom.